The fraction of sp³-hybridized carbons (Fsp3) is 0.364. The van der Waals surface area contributed by atoms with Crippen molar-refractivity contribution in [1.29, 1.82) is 5.26 Å². The zero-order valence-corrected chi connectivity index (χ0v) is 18.2. The molecule has 0 aliphatic carbocycles. The predicted octanol–water partition coefficient (Wildman–Crippen LogP) is 2.59. The van der Waals surface area contributed by atoms with Gasteiger partial charge in [-0.15, -0.1) is 0 Å². The molecule has 0 aromatic heterocycles. The molecule has 2 unspecified atom stereocenters. The highest BCUT2D eigenvalue weighted by molar-refractivity contribution is 7.89. The van der Waals surface area contributed by atoms with Gasteiger partial charge in [-0.05, 0) is 50.6 Å². The number of nitriles is 1. The van der Waals surface area contributed by atoms with Crippen LogP contribution in [0.4, 0.5) is 5.69 Å². The highest BCUT2D eigenvalue weighted by Crippen LogP contribution is 2.26. The molecule has 158 valence electrons. The Morgan fingerprint density at radius 3 is 2.43 bits per heavy atom. The quantitative estimate of drug-likeness (QED) is 0.793. The van der Waals surface area contributed by atoms with Gasteiger partial charge in [0, 0.05) is 30.9 Å². The molecule has 0 radical (unpaired) electrons. The van der Waals surface area contributed by atoms with Crippen LogP contribution >= 0.6 is 0 Å². The van der Waals surface area contributed by atoms with E-state index in [9.17, 15) is 13.2 Å². The number of carbonyl (C=O) groups is 1. The average Bonchev–Trinajstić information content (AvgIpc) is 2.69. The van der Waals surface area contributed by atoms with Crippen LogP contribution in [0.15, 0.2) is 53.4 Å². The number of carbonyl (C=O) groups excluding carboxylic acids is 1. The summed E-state index contributed by atoms with van der Waals surface area (Å²) in [6.45, 7) is 6.71. The number of rotatable bonds is 5. The monoisotopic (exact) mass is 426 g/mol. The average molecular weight is 427 g/mol. The van der Waals surface area contributed by atoms with Crippen molar-refractivity contribution in [3.8, 4) is 6.07 Å². The van der Waals surface area contributed by atoms with Crippen molar-refractivity contribution in [1.82, 2.24) is 9.21 Å². The first-order valence-corrected chi connectivity index (χ1v) is 11.3. The van der Waals surface area contributed by atoms with Crippen LogP contribution in [0.3, 0.4) is 0 Å². The van der Waals surface area contributed by atoms with Crippen molar-refractivity contribution >= 4 is 21.6 Å². The molecule has 2 aromatic carbocycles. The SMILES string of the molecule is Cc1ccccc1NC(=O)CN1CC(C)N(S(=O)(=O)c2cccc(C#N)c2)C(C)C1. The number of hydrogen-bond acceptors (Lipinski definition) is 5. The van der Waals surface area contributed by atoms with Crippen molar-refractivity contribution in [2.45, 2.75) is 37.8 Å². The van der Waals surface area contributed by atoms with Gasteiger partial charge >= 0.3 is 0 Å². The van der Waals surface area contributed by atoms with Crippen LogP contribution in [-0.2, 0) is 14.8 Å². The molecule has 1 amide bonds. The number of amides is 1. The lowest BCUT2D eigenvalue weighted by Gasteiger charge is -2.43. The first-order valence-electron chi connectivity index (χ1n) is 9.84. The fourth-order valence-corrected chi connectivity index (χ4v) is 5.82. The van der Waals surface area contributed by atoms with Gasteiger partial charge in [-0.25, -0.2) is 8.42 Å². The van der Waals surface area contributed by atoms with Crippen LogP contribution in [0.25, 0.3) is 0 Å². The Balaban J connectivity index is 1.70. The van der Waals surface area contributed by atoms with Gasteiger partial charge in [0.1, 0.15) is 0 Å². The van der Waals surface area contributed by atoms with E-state index in [-0.39, 0.29) is 29.4 Å². The topological polar surface area (TPSA) is 93.5 Å². The van der Waals surface area contributed by atoms with E-state index in [1.807, 2.05) is 56.0 Å². The fourth-order valence-electron chi connectivity index (χ4n) is 3.97. The van der Waals surface area contributed by atoms with Crippen LogP contribution in [0, 0.1) is 18.3 Å². The third-order valence-corrected chi connectivity index (χ3v) is 7.36. The Morgan fingerprint density at radius 1 is 1.13 bits per heavy atom. The first-order chi connectivity index (χ1) is 14.2. The number of para-hydroxylation sites is 1. The first kappa shape index (κ1) is 22.0. The van der Waals surface area contributed by atoms with Gasteiger partial charge in [0.15, 0.2) is 0 Å². The van der Waals surface area contributed by atoms with Crippen LogP contribution < -0.4 is 5.32 Å². The molecule has 1 heterocycles. The molecular formula is C22H26N4O3S. The number of sulfonamides is 1. The normalized spacial score (nSPS) is 20.5. The molecule has 0 saturated carbocycles. The molecule has 1 aliphatic rings. The van der Waals surface area contributed by atoms with E-state index in [1.165, 1.54) is 16.4 Å². The van der Waals surface area contributed by atoms with Gasteiger partial charge in [0.2, 0.25) is 15.9 Å². The van der Waals surface area contributed by atoms with E-state index in [2.05, 4.69) is 5.32 Å². The van der Waals surface area contributed by atoms with Gasteiger partial charge in [0.05, 0.1) is 23.1 Å². The maximum atomic E-state index is 13.2. The van der Waals surface area contributed by atoms with Crippen molar-refractivity contribution < 1.29 is 13.2 Å². The molecule has 2 atom stereocenters. The van der Waals surface area contributed by atoms with Crippen molar-refractivity contribution in [3.05, 3.63) is 59.7 Å². The molecule has 3 rings (SSSR count). The summed E-state index contributed by atoms with van der Waals surface area (Å²) in [6.07, 6.45) is 0. The summed E-state index contributed by atoms with van der Waals surface area (Å²) in [5, 5.41) is 12.0. The number of piperazine rings is 1. The van der Waals surface area contributed by atoms with E-state index in [1.54, 1.807) is 12.1 Å². The number of anilines is 1. The summed E-state index contributed by atoms with van der Waals surface area (Å²) < 4.78 is 27.9. The van der Waals surface area contributed by atoms with Crippen molar-refractivity contribution in [2.75, 3.05) is 25.0 Å². The van der Waals surface area contributed by atoms with Gasteiger partial charge in [-0.1, -0.05) is 24.3 Å². The summed E-state index contributed by atoms with van der Waals surface area (Å²) >= 11 is 0. The smallest absolute Gasteiger partial charge is 0.243 e. The third kappa shape index (κ3) is 4.70. The summed E-state index contributed by atoms with van der Waals surface area (Å²) in [7, 11) is -3.74. The second-order valence-electron chi connectivity index (χ2n) is 7.73. The molecule has 2 aromatic rings. The molecule has 7 nitrogen and oxygen atoms in total. The zero-order chi connectivity index (χ0) is 21.9. The second-order valence-corrected chi connectivity index (χ2v) is 9.57. The maximum absolute atomic E-state index is 13.2. The van der Waals surface area contributed by atoms with Gasteiger partial charge in [-0.3, -0.25) is 9.69 Å². The largest absolute Gasteiger partial charge is 0.325 e. The van der Waals surface area contributed by atoms with E-state index in [0.29, 0.717) is 18.7 Å². The summed E-state index contributed by atoms with van der Waals surface area (Å²) in [5.41, 5.74) is 2.08. The van der Waals surface area contributed by atoms with Gasteiger partial charge < -0.3 is 5.32 Å². The molecule has 8 heteroatoms. The molecule has 0 bridgehead atoms. The van der Waals surface area contributed by atoms with E-state index in [0.717, 1.165) is 11.3 Å². The van der Waals surface area contributed by atoms with Gasteiger partial charge in [0.25, 0.3) is 0 Å². The van der Waals surface area contributed by atoms with Crippen LogP contribution in [0.2, 0.25) is 0 Å². The van der Waals surface area contributed by atoms with Crippen molar-refractivity contribution in [3.63, 3.8) is 0 Å². The summed E-state index contributed by atoms with van der Waals surface area (Å²) in [6, 6.07) is 15.0. The Hall–Kier alpha value is -2.73. The molecular weight excluding hydrogens is 400 g/mol. The lowest BCUT2D eigenvalue weighted by molar-refractivity contribution is -0.118. The van der Waals surface area contributed by atoms with Gasteiger partial charge in [-0.2, -0.15) is 9.57 Å². The zero-order valence-electron chi connectivity index (χ0n) is 17.4. The van der Waals surface area contributed by atoms with Crippen molar-refractivity contribution in [2.24, 2.45) is 0 Å². The predicted molar refractivity (Wildman–Crippen MR) is 115 cm³/mol. The lowest BCUT2D eigenvalue weighted by atomic mass is 10.1. The third-order valence-electron chi connectivity index (χ3n) is 5.24. The minimum atomic E-state index is -3.74. The molecule has 0 spiro atoms. The molecule has 30 heavy (non-hydrogen) atoms. The van der Waals surface area contributed by atoms with E-state index in [4.69, 9.17) is 5.26 Å². The number of nitrogens with one attached hydrogen (secondary N) is 1. The maximum Gasteiger partial charge on any atom is 0.243 e. The lowest BCUT2D eigenvalue weighted by Crippen LogP contribution is -2.59. The standard InChI is InChI=1S/C22H26N4O3S/c1-16-7-4-5-10-21(16)24-22(27)15-25-13-17(2)26(18(3)14-25)30(28,29)20-9-6-8-19(11-20)12-23/h4-11,17-18H,13-15H2,1-3H3,(H,24,27). The van der Waals surface area contributed by atoms with Crippen LogP contribution in [-0.4, -0.2) is 55.2 Å². The number of aryl methyl sites for hydroxylation is 1. The van der Waals surface area contributed by atoms with E-state index < -0.39 is 10.0 Å². The number of benzene rings is 2. The Morgan fingerprint density at radius 2 is 1.80 bits per heavy atom. The highest BCUT2D eigenvalue weighted by atomic mass is 32.2. The second kappa shape index (κ2) is 8.96. The van der Waals surface area contributed by atoms with E-state index >= 15 is 0 Å². The molecule has 1 saturated heterocycles. The molecule has 1 fully saturated rings. The minimum absolute atomic E-state index is 0.117. The number of hydrogen-bond donors (Lipinski definition) is 1. The summed E-state index contributed by atoms with van der Waals surface area (Å²) in [5.74, 6) is -0.123. The molecule has 1 aliphatic heterocycles. The Labute approximate surface area is 178 Å². The Kier molecular flexibility index (Phi) is 6.56. The van der Waals surface area contributed by atoms with Crippen LogP contribution in [0.1, 0.15) is 25.0 Å². The molecule has 1 N–H and O–H groups in total. The highest BCUT2D eigenvalue weighted by Gasteiger charge is 2.38. The van der Waals surface area contributed by atoms with Crippen LogP contribution in [0.5, 0.6) is 0 Å². The summed E-state index contributed by atoms with van der Waals surface area (Å²) in [4.78, 5) is 14.6. The Bertz CT molecular complexity index is 1070. The minimum Gasteiger partial charge on any atom is -0.325 e. The number of nitrogens with zero attached hydrogens (tertiary/aromatic N) is 3.